The van der Waals surface area contributed by atoms with Crippen molar-refractivity contribution in [2.24, 2.45) is 0 Å². The zero-order chi connectivity index (χ0) is 15.9. The first-order valence-electron chi connectivity index (χ1n) is 7.24. The average Bonchev–Trinajstić information content (AvgIpc) is 3.01. The molecule has 5 nitrogen and oxygen atoms in total. The summed E-state index contributed by atoms with van der Waals surface area (Å²) in [6.45, 7) is 4.03. The predicted molar refractivity (Wildman–Crippen MR) is 83.4 cm³/mol. The largest absolute Gasteiger partial charge is 0.467 e. The zero-order valence-electron chi connectivity index (χ0n) is 12.8. The Kier molecular flexibility index (Phi) is 5.36. The molecule has 116 valence electrons. The molecule has 0 spiro atoms. The summed E-state index contributed by atoms with van der Waals surface area (Å²) in [5.74, 6) is 0.413. The highest BCUT2D eigenvalue weighted by Gasteiger charge is 2.12. The van der Waals surface area contributed by atoms with Crippen LogP contribution in [0.2, 0.25) is 0 Å². The smallest absolute Gasteiger partial charge is 0.251 e. The Bertz CT molecular complexity index is 635. The van der Waals surface area contributed by atoms with Gasteiger partial charge >= 0.3 is 0 Å². The first-order chi connectivity index (χ1) is 10.6. The predicted octanol–water partition coefficient (Wildman–Crippen LogP) is 2.59. The second-order valence-electron chi connectivity index (χ2n) is 5.13. The number of furan rings is 1. The van der Waals surface area contributed by atoms with Gasteiger partial charge in [-0.1, -0.05) is 18.2 Å². The van der Waals surface area contributed by atoms with E-state index >= 15 is 0 Å². The summed E-state index contributed by atoms with van der Waals surface area (Å²) in [5, 5.41) is 5.58. The van der Waals surface area contributed by atoms with Crippen LogP contribution in [-0.2, 0) is 4.79 Å². The molecule has 0 radical (unpaired) electrons. The summed E-state index contributed by atoms with van der Waals surface area (Å²) in [6, 6.07) is 10.8. The Labute approximate surface area is 129 Å². The van der Waals surface area contributed by atoms with Gasteiger partial charge in [0, 0.05) is 18.5 Å². The van der Waals surface area contributed by atoms with Crippen LogP contribution in [0, 0.1) is 6.92 Å². The minimum atomic E-state index is -0.186. The lowest BCUT2D eigenvalue weighted by Crippen LogP contribution is -2.32. The molecule has 0 aliphatic heterocycles. The molecule has 0 fully saturated rings. The van der Waals surface area contributed by atoms with E-state index in [4.69, 9.17) is 4.42 Å². The lowest BCUT2D eigenvalue weighted by atomic mass is 10.1. The summed E-state index contributed by atoms with van der Waals surface area (Å²) in [4.78, 5) is 23.8. The minimum Gasteiger partial charge on any atom is -0.467 e. The third-order valence-corrected chi connectivity index (χ3v) is 3.37. The maximum Gasteiger partial charge on any atom is 0.251 e. The van der Waals surface area contributed by atoms with E-state index in [-0.39, 0.29) is 24.3 Å². The summed E-state index contributed by atoms with van der Waals surface area (Å²) >= 11 is 0. The molecule has 1 aromatic heterocycles. The molecule has 22 heavy (non-hydrogen) atoms. The highest BCUT2D eigenvalue weighted by molar-refractivity contribution is 5.95. The molecule has 0 saturated heterocycles. The van der Waals surface area contributed by atoms with E-state index in [0.29, 0.717) is 17.9 Å². The molecule has 1 heterocycles. The van der Waals surface area contributed by atoms with Crippen LogP contribution < -0.4 is 10.6 Å². The van der Waals surface area contributed by atoms with Crippen LogP contribution in [0.3, 0.4) is 0 Å². The number of nitrogens with one attached hydrogen (secondary N) is 2. The van der Waals surface area contributed by atoms with E-state index < -0.39 is 0 Å². The summed E-state index contributed by atoms with van der Waals surface area (Å²) < 4.78 is 5.23. The standard InChI is InChI=1S/C17H20N2O3/c1-12-6-3-4-7-14(12)17(21)18-10-9-16(20)19-13(2)15-8-5-11-22-15/h3-8,11,13H,9-10H2,1-2H3,(H,18,21)(H,19,20)/t13-/m0/s1. The van der Waals surface area contributed by atoms with Crippen molar-refractivity contribution >= 4 is 11.8 Å². The zero-order valence-corrected chi connectivity index (χ0v) is 12.8. The van der Waals surface area contributed by atoms with Crippen LogP contribution in [0.25, 0.3) is 0 Å². The molecule has 0 saturated carbocycles. The van der Waals surface area contributed by atoms with Crippen LogP contribution in [0.15, 0.2) is 47.1 Å². The van der Waals surface area contributed by atoms with E-state index in [1.54, 1.807) is 18.4 Å². The van der Waals surface area contributed by atoms with Crippen molar-refractivity contribution in [2.75, 3.05) is 6.54 Å². The molecule has 1 atom stereocenters. The van der Waals surface area contributed by atoms with Crippen molar-refractivity contribution in [1.29, 1.82) is 0 Å². The summed E-state index contributed by atoms with van der Waals surface area (Å²) in [7, 11) is 0. The summed E-state index contributed by atoms with van der Waals surface area (Å²) in [5.41, 5.74) is 1.54. The number of carbonyl (C=O) groups is 2. The number of carbonyl (C=O) groups excluding carboxylic acids is 2. The normalized spacial score (nSPS) is 11.7. The maximum atomic E-state index is 12.0. The van der Waals surface area contributed by atoms with Crippen LogP contribution in [0.4, 0.5) is 0 Å². The lowest BCUT2D eigenvalue weighted by Gasteiger charge is -2.12. The Morgan fingerprint density at radius 3 is 2.64 bits per heavy atom. The number of hydrogen-bond acceptors (Lipinski definition) is 3. The van der Waals surface area contributed by atoms with Crippen molar-refractivity contribution in [3.8, 4) is 0 Å². The molecule has 1 aromatic carbocycles. The van der Waals surface area contributed by atoms with Gasteiger partial charge in [0.15, 0.2) is 0 Å². The Morgan fingerprint density at radius 2 is 1.95 bits per heavy atom. The maximum absolute atomic E-state index is 12.0. The Morgan fingerprint density at radius 1 is 1.18 bits per heavy atom. The van der Waals surface area contributed by atoms with Crippen LogP contribution in [0.1, 0.15) is 41.1 Å². The average molecular weight is 300 g/mol. The highest BCUT2D eigenvalue weighted by atomic mass is 16.3. The fourth-order valence-electron chi connectivity index (χ4n) is 2.13. The van der Waals surface area contributed by atoms with Crippen molar-refractivity contribution in [3.63, 3.8) is 0 Å². The minimum absolute atomic E-state index is 0.131. The van der Waals surface area contributed by atoms with Crippen LogP contribution in [-0.4, -0.2) is 18.4 Å². The second kappa shape index (κ2) is 7.45. The molecule has 0 aliphatic rings. The number of hydrogen-bond donors (Lipinski definition) is 2. The number of benzene rings is 1. The van der Waals surface area contributed by atoms with E-state index in [0.717, 1.165) is 5.56 Å². The topological polar surface area (TPSA) is 71.3 Å². The quantitative estimate of drug-likeness (QED) is 0.861. The van der Waals surface area contributed by atoms with Crippen LogP contribution in [0.5, 0.6) is 0 Å². The molecule has 2 amide bonds. The molecular weight excluding hydrogens is 280 g/mol. The van der Waals surface area contributed by atoms with Gasteiger partial charge in [0.2, 0.25) is 5.91 Å². The van der Waals surface area contributed by atoms with Gasteiger partial charge in [-0.25, -0.2) is 0 Å². The molecule has 2 N–H and O–H groups in total. The van der Waals surface area contributed by atoms with Crippen LogP contribution >= 0.6 is 0 Å². The fourth-order valence-corrected chi connectivity index (χ4v) is 2.13. The van der Waals surface area contributed by atoms with E-state index in [1.807, 2.05) is 38.1 Å². The van der Waals surface area contributed by atoms with Gasteiger partial charge in [0.1, 0.15) is 5.76 Å². The highest BCUT2D eigenvalue weighted by Crippen LogP contribution is 2.12. The molecule has 0 unspecified atom stereocenters. The van der Waals surface area contributed by atoms with Crippen molar-refractivity contribution in [3.05, 3.63) is 59.5 Å². The van der Waals surface area contributed by atoms with E-state index in [2.05, 4.69) is 10.6 Å². The van der Waals surface area contributed by atoms with Gasteiger partial charge in [-0.15, -0.1) is 0 Å². The molecule has 2 rings (SSSR count). The first-order valence-corrected chi connectivity index (χ1v) is 7.24. The lowest BCUT2D eigenvalue weighted by molar-refractivity contribution is -0.121. The third kappa shape index (κ3) is 4.22. The first kappa shape index (κ1) is 15.8. The molecule has 0 bridgehead atoms. The van der Waals surface area contributed by atoms with E-state index in [1.165, 1.54) is 0 Å². The number of amides is 2. The molecule has 5 heteroatoms. The second-order valence-corrected chi connectivity index (χ2v) is 5.13. The Hall–Kier alpha value is -2.56. The Balaban J connectivity index is 1.75. The van der Waals surface area contributed by atoms with Gasteiger partial charge in [0.25, 0.3) is 5.91 Å². The SMILES string of the molecule is Cc1ccccc1C(=O)NCCC(=O)N[C@@H](C)c1ccco1. The van der Waals surface area contributed by atoms with Gasteiger partial charge in [0.05, 0.1) is 12.3 Å². The van der Waals surface area contributed by atoms with Gasteiger partial charge in [-0.05, 0) is 37.6 Å². The van der Waals surface area contributed by atoms with Crippen molar-refractivity contribution < 1.29 is 14.0 Å². The fraction of sp³-hybridized carbons (Fsp3) is 0.294. The van der Waals surface area contributed by atoms with Gasteiger partial charge in [-0.3, -0.25) is 9.59 Å². The molecule has 2 aromatic rings. The van der Waals surface area contributed by atoms with Gasteiger partial charge < -0.3 is 15.1 Å². The summed E-state index contributed by atoms with van der Waals surface area (Å²) in [6.07, 6.45) is 1.79. The third-order valence-electron chi connectivity index (χ3n) is 3.37. The molecular formula is C17H20N2O3. The van der Waals surface area contributed by atoms with Gasteiger partial charge in [-0.2, -0.15) is 0 Å². The molecule has 0 aliphatic carbocycles. The van der Waals surface area contributed by atoms with Crippen molar-refractivity contribution in [2.45, 2.75) is 26.3 Å². The van der Waals surface area contributed by atoms with Crippen molar-refractivity contribution in [1.82, 2.24) is 10.6 Å². The monoisotopic (exact) mass is 300 g/mol. The number of aryl methyl sites for hydroxylation is 1. The number of rotatable bonds is 6. The van der Waals surface area contributed by atoms with E-state index in [9.17, 15) is 9.59 Å².